The molecule has 0 fully saturated rings. The van der Waals surface area contributed by atoms with E-state index >= 15 is 0 Å². The van der Waals surface area contributed by atoms with E-state index in [1.807, 2.05) is 73.3 Å². The van der Waals surface area contributed by atoms with Crippen LogP contribution >= 0.6 is 0 Å². The van der Waals surface area contributed by atoms with Gasteiger partial charge in [-0.15, -0.1) is 0 Å². The summed E-state index contributed by atoms with van der Waals surface area (Å²) in [5, 5.41) is 6.37. The molecule has 0 spiro atoms. The van der Waals surface area contributed by atoms with Crippen LogP contribution in [-0.4, -0.2) is 46.9 Å². The Labute approximate surface area is 234 Å². The molecule has 2 heterocycles. The van der Waals surface area contributed by atoms with E-state index in [4.69, 9.17) is 9.47 Å². The van der Waals surface area contributed by atoms with Crippen LogP contribution in [0.4, 0.5) is 5.69 Å². The second-order valence-corrected chi connectivity index (χ2v) is 9.85. The summed E-state index contributed by atoms with van der Waals surface area (Å²) in [7, 11) is 0. The molecule has 0 radical (unpaired) electrons. The lowest BCUT2D eigenvalue weighted by atomic mass is 10.1. The first-order valence-electron chi connectivity index (χ1n) is 13.3. The van der Waals surface area contributed by atoms with Crippen LogP contribution < -0.4 is 20.1 Å². The van der Waals surface area contributed by atoms with Crippen LogP contribution in [-0.2, 0) is 6.54 Å². The molecule has 4 aromatic rings. The largest absolute Gasteiger partial charge is 0.484 e. The highest BCUT2D eigenvalue weighted by Gasteiger charge is 2.32. The Balaban J connectivity index is 1.28. The Morgan fingerprint density at radius 3 is 2.42 bits per heavy atom. The first-order chi connectivity index (χ1) is 19.5. The lowest BCUT2D eigenvalue weighted by Crippen LogP contribution is -2.44. The fourth-order valence-electron chi connectivity index (χ4n) is 4.52. The molecule has 2 N–H and O–H groups in total. The van der Waals surface area contributed by atoms with Crippen molar-refractivity contribution in [2.75, 3.05) is 18.4 Å². The van der Waals surface area contributed by atoms with E-state index < -0.39 is 0 Å². The average Bonchev–Trinajstić information content (AvgIpc) is 3.12. The molecule has 2 amide bonds. The monoisotopic (exact) mass is 536 g/mol. The number of hydrogen-bond donors (Lipinski definition) is 2. The fraction of sp³-hybridized carbons (Fsp3) is 0.219. The quantitative estimate of drug-likeness (QED) is 0.292. The topological polar surface area (TPSA) is 92.8 Å². The standard InChI is InChI=1S/C32H32N4O4/c1-22(2)36-21-27(20-34-19-23-11-13-26(14-12-23)39-25-7-4-3-5-8-25)40-30-28(32(36)38)9-6-10-29(30)35-31(37)24-15-17-33-18-16-24/h3-18,22,27,34H,19-21H2,1-2H3,(H,35,37)/t27-/m0/s1. The summed E-state index contributed by atoms with van der Waals surface area (Å²) in [5.74, 6) is 1.52. The van der Waals surface area contributed by atoms with Gasteiger partial charge in [0.2, 0.25) is 0 Å². The molecule has 0 unspecified atom stereocenters. The second-order valence-electron chi connectivity index (χ2n) is 9.85. The third kappa shape index (κ3) is 6.47. The van der Waals surface area contributed by atoms with Gasteiger partial charge in [-0.3, -0.25) is 14.6 Å². The highest BCUT2D eigenvalue weighted by molar-refractivity contribution is 6.07. The number of benzene rings is 3. The average molecular weight is 537 g/mol. The van der Waals surface area contributed by atoms with Crippen LogP contribution in [0.2, 0.25) is 0 Å². The maximum atomic E-state index is 13.5. The molecule has 204 valence electrons. The van der Waals surface area contributed by atoms with Gasteiger partial charge in [-0.1, -0.05) is 36.4 Å². The molecule has 3 aromatic carbocycles. The highest BCUT2D eigenvalue weighted by atomic mass is 16.5. The predicted octanol–water partition coefficient (Wildman–Crippen LogP) is 5.53. The Morgan fingerprint density at radius 1 is 0.975 bits per heavy atom. The Hall–Kier alpha value is -4.69. The van der Waals surface area contributed by atoms with Gasteiger partial charge in [0, 0.05) is 37.1 Å². The van der Waals surface area contributed by atoms with Crippen LogP contribution in [0.25, 0.3) is 0 Å². The number of nitrogens with zero attached hydrogens (tertiary/aromatic N) is 2. The Kier molecular flexibility index (Phi) is 8.37. The zero-order valence-electron chi connectivity index (χ0n) is 22.5. The van der Waals surface area contributed by atoms with E-state index in [2.05, 4.69) is 15.6 Å². The van der Waals surface area contributed by atoms with Gasteiger partial charge in [0.25, 0.3) is 11.8 Å². The number of carbonyl (C=O) groups is 2. The van der Waals surface area contributed by atoms with Gasteiger partial charge in [-0.25, -0.2) is 0 Å². The first kappa shape index (κ1) is 26.9. The lowest BCUT2D eigenvalue weighted by Gasteiger charge is -2.27. The molecule has 1 aliphatic rings. The molecule has 0 bridgehead atoms. The van der Waals surface area contributed by atoms with Gasteiger partial charge in [0.15, 0.2) is 5.75 Å². The number of fused-ring (bicyclic) bond motifs is 1. The van der Waals surface area contributed by atoms with Crippen molar-refractivity contribution < 1.29 is 19.1 Å². The number of aromatic nitrogens is 1. The number of pyridine rings is 1. The molecule has 0 saturated carbocycles. The minimum Gasteiger partial charge on any atom is -0.484 e. The second kappa shape index (κ2) is 12.4. The van der Waals surface area contributed by atoms with Crippen molar-refractivity contribution in [3.8, 4) is 17.2 Å². The van der Waals surface area contributed by atoms with E-state index in [1.54, 1.807) is 42.7 Å². The third-order valence-electron chi connectivity index (χ3n) is 6.61. The van der Waals surface area contributed by atoms with Gasteiger partial charge in [-0.2, -0.15) is 0 Å². The van der Waals surface area contributed by atoms with E-state index in [9.17, 15) is 9.59 Å². The molecular weight excluding hydrogens is 504 g/mol. The number of nitrogens with one attached hydrogen (secondary N) is 2. The van der Waals surface area contributed by atoms with E-state index in [1.165, 1.54) is 0 Å². The van der Waals surface area contributed by atoms with Gasteiger partial charge >= 0.3 is 0 Å². The van der Waals surface area contributed by atoms with Gasteiger partial charge in [-0.05, 0) is 67.9 Å². The normalized spacial score (nSPS) is 14.7. The fourth-order valence-corrected chi connectivity index (χ4v) is 4.52. The molecule has 1 aliphatic heterocycles. The van der Waals surface area contributed by atoms with Gasteiger partial charge in [0.05, 0.1) is 17.8 Å². The number of para-hydroxylation sites is 2. The Bertz CT molecular complexity index is 1440. The van der Waals surface area contributed by atoms with E-state index in [-0.39, 0.29) is 24.0 Å². The summed E-state index contributed by atoms with van der Waals surface area (Å²) in [5.41, 5.74) is 2.45. The van der Waals surface area contributed by atoms with Crippen molar-refractivity contribution >= 4 is 17.5 Å². The summed E-state index contributed by atoms with van der Waals surface area (Å²) in [6, 6.07) is 26.1. The van der Waals surface area contributed by atoms with Crippen LogP contribution in [0.5, 0.6) is 17.2 Å². The zero-order valence-corrected chi connectivity index (χ0v) is 22.5. The molecule has 40 heavy (non-hydrogen) atoms. The van der Waals surface area contributed by atoms with E-state index in [0.29, 0.717) is 42.2 Å². The first-order valence-corrected chi connectivity index (χ1v) is 13.3. The molecule has 5 rings (SSSR count). The summed E-state index contributed by atoms with van der Waals surface area (Å²) >= 11 is 0. The van der Waals surface area contributed by atoms with Crippen molar-refractivity contribution in [3.63, 3.8) is 0 Å². The molecule has 1 aromatic heterocycles. The van der Waals surface area contributed by atoms with Crippen molar-refractivity contribution in [3.05, 3.63) is 114 Å². The maximum Gasteiger partial charge on any atom is 0.258 e. The maximum absolute atomic E-state index is 13.5. The van der Waals surface area contributed by atoms with Crippen molar-refractivity contribution in [2.45, 2.75) is 32.5 Å². The number of carbonyl (C=O) groups excluding carboxylic acids is 2. The van der Waals surface area contributed by atoms with Crippen molar-refractivity contribution in [1.29, 1.82) is 0 Å². The summed E-state index contributed by atoms with van der Waals surface area (Å²) in [6.45, 7) is 5.52. The van der Waals surface area contributed by atoms with Crippen molar-refractivity contribution in [2.24, 2.45) is 0 Å². The van der Waals surface area contributed by atoms with Crippen LogP contribution in [0.3, 0.4) is 0 Å². The Morgan fingerprint density at radius 2 is 1.70 bits per heavy atom. The van der Waals surface area contributed by atoms with Crippen molar-refractivity contribution in [1.82, 2.24) is 15.2 Å². The molecule has 8 nitrogen and oxygen atoms in total. The smallest absolute Gasteiger partial charge is 0.258 e. The van der Waals surface area contributed by atoms with Crippen LogP contribution in [0.15, 0.2) is 97.3 Å². The van der Waals surface area contributed by atoms with E-state index in [0.717, 1.165) is 17.1 Å². The van der Waals surface area contributed by atoms with Gasteiger partial charge in [0.1, 0.15) is 17.6 Å². The van der Waals surface area contributed by atoms with Crippen LogP contribution in [0.1, 0.15) is 40.1 Å². The SMILES string of the molecule is CC(C)N1C[C@H](CNCc2ccc(Oc3ccccc3)cc2)Oc2c(NC(=O)c3ccncc3)cccc2C1=O. The molecular formula is C32H32N4O4. The number of rotatable bonds is 9. The number of ether oxygens (including phenoxy) is 2. The molecule has 0 saturated heterocycles. The third-order valence-corrected chi connectivity index (χ3v) is 6.61. The van der Waals surface area contributed by atoms with Gasteiger partial charge < -0.3 is 25.0 Å². The molecule has 8 heteroatoms. The number of anilines is 1. The molecule has 1 atom stereocenters. The minimum atomic E-state index is -0.327. The molecule has 0 aliphatic carbocycles. The minimum absolute atomic E-state index is 0.0169. The zero-order chi connectivity index (χ0) is 27.9. The van der Waals surface area contributed by atoms with Crippen LogP contribution in [0, 0.1) is 0 Å². The number of hydrogen-bond acceptors (Lipinski definition) is 6. The predicted molar refractivity (Wildman–Crippen MR) is 154 cm³/mol. The lowest BCUT2D eigenvalue weighted by molar-refractivity contribution is 0.0647. The highest BCUT2D eigenvalue weighted by Crippen LogP contribution is 2.34. The summed E-state index contributed by atoms with van der Waals surface area (Å²) in [4.78, 5) is 32.1. The number of amides is 2. The summed E-state index contributed by atoms with van der Waals surface area (Å²) < 4.78 is 12.3. The summed E-state index contributed by atoms with van der Waals surface area (Å²) in [6.07, 6.45) is 2.80.